The molecule has 0 saturated heterocycles. The molecule has 0 aliphatic carbocycles. The van der Waals surface area contributed by atoms with Gasteiger partial charge in [-0.3, -0.25) is 0 Å². The van der Waals surface area contributed by atoms with Crippen LogP contribution in [0.15, 0.2) is 0 Å². The molecule has 2 radical (unpaired) electrons. The van der Waals surface area contributed by atoms with Gasteiger partial charge in [0.15, 0.2) is 0 Å². The average Bonchev–Trinajstić information content (AvgIpc) is 1.00. The molecule has 0 unspecified atom stereocenters. The Kier molecular flexibility index (Phi) is 66.6. The van der Waals surface area contributed by atoms with E-state index >= 15 is 0 Å². The second kappa shape index (κ2) is 16.9. The van der Waals surface area contributed by atoms with E-state index in [1.807, 2.05) is 0 Å². The monoisotopic (exact) mass is 438 g/mol. The quantitative estimate of drug-likeness (QED) is 0.362. The van der Waals surface area contributed by atoms with Crippen LogP contribution in [-0.4, -0.2) is 54.9 Å². The van der Waals surface area contributed by atoms with Gasteiger partial charge in [-0.25, -0.2) is 0 Å². The molecule has 32 valence electrons. The molecule has 0 spiro atoms. The zero-order valence-corrected chi connectivity index (χ0v) is 8.40. The van der Waals surface area contributed by atoms with Gasteiger partial charge in [0.2, 0.25) is 0 Å². The van der Waals surface area contributed by atoms with Crippen molar-refractivity contribution in [3.8, 4) is 0 Å². The van der Waals surface area contributed by atoms with Crippen molar-refractivity contribution in [2.45, 2.75) is 0 Å². The summed E-state index contributed by atoms with van der Waals surface area (Å²) in [4.78, 5) is 0. The molecule has 0 amide bonds. The van der Waals surface area contributed by atoms with Gasteiger partial charge in [-0.15, -0.1) is 0 Å². The number of hydrogen-bond donors (Lipinski definition) is 0. The molecule has 0 fully saturated rings. The van der Waals surface area contributed by atoms with Crippen LogP contribution in [-0.2, 0) is 22.4 Å². The van der Waals surface area contributed by atoms with Crippen molar-refractivity contribution in [3.05, 3.63) is 0 Å². The molecule has 4 heavy (non-hydrogen) atoms. The molecule has 0 bridgehead atoms. The Balaban J connectivity index is -0.00000000500. The zero-order chi connectivity index (χ0) is 2.00. The van der Waals surface area contributed by atoms with Crippen molar-refractivity contribution in [2.24, 2.45) is 0 Å². The van der Waals surface area contributed by atoms with E-state index in [2.05, 4.69) is 18.2 Å². The van der Waals surface area contributed by atoms with Gasteiger partial charge < -0.3 is 0 Å². The van der Waals surface area contributed by atoms with Gasteiger partial charge in [-0.2, -0.15) is 0 Å². The summed E-state index contributed by atoms with van der Waals surface area (Å²) < 4.78 is 0. The molecule has 0 heterocycles. The predicted molar refractivity (Wildman–Crippen MR) is 25.6 cm³/mol. The van der Waals surface area contributed by atoms with Crippen LogP contribution in [0.4, 0.5) is 0 Å². The van der Waals surface area contributed by atoms with Crippen LogP contribution in [0.1, 0.15) is 0 Å². The van der Waals surface area contributed by atoms with E-state index in [-0.39, 0.29) is 40.0 Å². The summed E-state index contributed by atoms with van der Waals surface area (Å²) in [6.45, 7) is 0. The Morgan fingerprint density at radius 1 is 1.25 bits per heavy atom. The summed E-state index contributed by atoms with van der Waals surface area (Å²) in [5, 5.41) is 0. The molecule has 0 aromatic heterocycles. The van der Waals surface area contributed by atoms with Crippen molar-refractivity contribution >= 4 is 54.9 Å². The fourth-order valence-electron chi connectivity index (χ4n) is 0. The van der Waals surface area contributed by atoms with Gasteiger partial charge in [0, 0.05) is 22.4 Å². The van der Waals surface area contributed by atoms with Crippen LogP contribution < -0.4 is 0 Å². The van der Waals surface area contributed by atoms with Crippen molar-refractivity contribution in [2.75, 3.05) is 0 Å². The molecule has 0 nitrogen and oxygen atoms in total. The summed E-state index contributed by atoms with van der Waals surface area (Å²) in [6, 6.07) is 0. The Morgan fingerprint density at radius 3 is 1.25 bits per heavy atom. The number of hydrogen-bond acceptors (Lipinski definition) is 0. The maximum atomic E-state index is 2.08. The Hall–Kier alpha value is 2.89. The van der Waals surface area contributed by atoms with E-state index in [9.17, 15) is 0 Å². The van der Waals surface area contributed by atoms with Crippen molar-refractivity contribution < 1.29 is 22.4 Å². The predicted octanol–water partition coefficient (Wildman–Crippen LogP) is -2.75. The molecule has 0 atom stereocenters. The van der Waals surface area contributed by atoms with E-state index in [0.717, 1.165) is 0 Å². The summed E-state index contributed by atoms with van der Waals surface area (Å²) in [6.07, 6.45) is 0. The van der Waals surface area contributed by atoms with E-state index in [1.54, 1.807) is 0 Å². The topological polar surface area (TPSA) is 0 Å². The number of rotatable bonds is 0. The molecule has 4 heteroatoms. The first-order valence-corrected chi connectivity index (χ1v) is 10.6. The first-order valence-electron chi connectivity index (χ1n) is 0.236. The van der Waals surface area contributed by atoms with Crippen LogP contribution >= 0.6 is 0 Å². The molecular formula is H6AgGeSbTe. The minimum absolute atomic E-state index is 0. The van der Waals surface area contributed by atoms with Crippen LogP contribution in [0.3, 0.4) is 0 Å². The summed E-state index contributed by atoms with van der Waals surface area (Å²) in [7, 11) is 0. The molecule has 0 saturated carbocycles. The van der Waals surface area contributed by atoms with Gasteiger partial charge in [0.1, 0.15) is 0 Å². The molecule has 0 N–H and O–H groups in total. The molecule has 0 aliphatic rings. The first-order chi connectivity index (χ1) is 1.00. The minimum atomic E-state index is 0. The van der Waals surface area contributed by atoms with E-state index in [1.165, 1.54) is 19.1 Å². The third kappa shape index (κ3) is 8.86. The summed E-state index contributed by atoms with van der Waals surface area (Å²) in [5.41, 5.74) is 0. The SMILES string of the molecule is [Ag].[GeH4].[SbH2][Te]. The second-order valence-corrected chi connectivity index (χ2v) is 0. The zero-order valence-electron chi connectivity index (χ0n) is 1.29. The maximum absolute atomic E-state index is 2.08. The van der Waals surface area contributed by atoms with Gasteiger partial charge in [0.05, 0.1) is 0 Å². The average molecular weight is 436 g/mol. The summed E-state index contributed by atoms with van der Waals surface area (Å²) >= 11 is 3.44. The first kappa shape index (κ1) is 15.8. The van der Waals surface area contributed by atoms with E-state index in [4.69, 9.17) is 0 Å². The van der Waals surface area contributed by atoms with Gasteiger partial charge in [0.25, 0.3) is 0 Å². The molecule has 0 aromatic carbocycles. The molecule has 0 aromatic rings. The van der Waals surface area contributed by atoms with Gasteiger partial charge in [-0.1, -0.05) is 0 Å². The van der Waals surface area contributed by atoms with Crippen molar-refractivity contribution in [1.82, 2.24) is 0 Å². The summed E-state index contributed by atoms with van der Waals surface area (Å²) in [5.74, 6) is 0. The van der Waals surface area contributed by atoms with Crippen LogP contribution in [0.2, 0.25) is 0 Å². The van der Waals surface area contributed by atoms with Crippen LogP contribution in [0.5, 0.6) is 0 Å². The van der Waals surface area contributed by atoms with Gasteiger partial charge in [-0.05, 0) is 0 Å². The van der Waals surface area contributed by atoms with Crippen molar-refractivity contribution in [3.63, 3.8) is 0 Å². The normalized spacial score (nSPS) is 1.50. The third-order valence-corrected chi connectivity index (χ3v) is 0. The molecular weight excluding hydrogens is 430 g/mol. The molecule has 0 rings (SSSR count). The van der Waals surface area contributed by atoms with Gasteiger partial charge >= 0.3 is 54.9 Å². The standard InChI is InChI=1S/Ag.GeH4.Sb.Te.2H/h;1H4;;;;. The van der Waals surface area contributed by atoms with Crippen LogP contribution in [0, 0.1) is 0 Å². The Labute approximate surface area is 75.7 Å². The fourth-order valence-corrected chi connectivity index (χ4v) is 0. The second-order valence-electron chi connectivity index (χ2n) is 0. The van der Waals surface area contributed by atoms with E-state index < -0.39 is 0 Å². The third-order valence-electron chi connectivity index (χ3n) is 0. The van der Waals surface area contributed by atoms with E-state index in [0.29, 0.717) is 0 Å². The van der Waals surface area contributed by atoms with Crippen LogP contribution in [0.25, 0.3) is 0 Å². The Bertz CT molecular complexity index is 8.00. The fraction of sp³-hybridized carbons (Fsp3) is 0. The molecule has 0 aliphatic heterocycles. The van der Waals surface area contributed by atoms with Crippen molar-refractivity contribution in [1.29, 1.82) is 0 Å². The Morgan fingerprint density at radius 2 is 1.25 bits per heavy atom.